The van der Waals surface area contributed by atoms with Gasteiger partial charge in [-0.25, -0.2) is 4.79 Å². The first kappa shape index (κ1) is 13.3. The van der Waals surface area contributed by atoms with Gasteiger partial charge in [-0.1, -0.05) is 12.1 Å². The smallest absolute Gasteiger partial charge is 0.343 e. The molecule has 0 amide bonds. The summed E-state index contributed by atoms with van der Waals surface area (Å²) in [5.74, 6) is -1.34. The third kappa shape index (κ3) is 2.64. The summed E-state index contributed by atoms with van der Waals surface area (Å²) in [7, 11) is 0. The molecule has 0 saturated carbocycles. The van der Waals surface area contributed by atoms with Crippen LogP contribution >= 0.6 is 12.4 Å². The summed E-state index contributed by atoms with van der Waals surface area (Å²) in [5, 5.41) is 19.3. The van der Waals surface area contributed by atoms with Crippen LogP contribution in [-0.4, -0.2) is 16.0 Å². The standard InChI is InChI=1S/C8H8N2O4.ClH/c9-4-5-2-1-3-6(10(13)14)7(5)8(11)12;/h1-3H,4,9H2,(H,11,12);1H. The summed E-state index contributed by atoms with van der Waals surface area (Å²) in [6.45, 7) is -0.0384. The number of carboxylic acids is 1. The van der Waals surface area contributed by atoms with E-state index in [2.05, 4.69) is 0 Å². The van der Waals surface area contributed by atoms with Gasteiger partial charge in [-0.15, -0.1) is 12.4 Å². The molecule has 7 heteroatoms. The Labute approximate surface area is 91.3 Å². The Morgan fingerprint density at radius 1 is 1.53 bits per heavy atom. The van der Waals surface area contributed by atoms with E-state index < -0.39 is 16.6 Å². The number of carboxylic acid groups (broad SMARTS) is 1. The highest BCUT2D eigenvalue weighted by Gasteiger charge is 2.22. The van der Waals surface area contributed by atoms with Gasteiger partial charge in [0.25, 0.3) is 5.69 Å². The molecule has 15 heavy (non-hydrogen) atoms. The predicted octanol–water partition coefficient (Wildman–Crippen LogP) is 1.17. The first-order valence-corrected chi connectivity index (χ1v) is 3.77. The highest BCUT2D eigenvalue weighted by Crippen LogP contribution is 2.21. The number of benzene rings is 1. The summed E-state index contributed by atoms with van der Waals surface area (Å²) in [4.78, 5) is 20.5. The minimum atomic E-state index is -1.34. The van der Waals surface area contributed by atoms with Gasteiger partial charge in [0.2, 0.25) is 0 Å². The Morgan fingerprint density at radius 3 is 2.53 bits per heavy atom. The number of rotatable bonds is 3. The van der Waals surface area contributed by atoms with Gasteiger partial charge in [0.1, 0.15) is 5.56 Å². The number of carbonyl (C=O) groups is 1. The Morgan fingerprint density at radius 2 is 2.13 bits per heavy atom. The van der Waals surface area contributed by atoms with Crippen LogP contribution in [0.15, 0.2) is 18.2 Å². The lowest BCUT2D eigenvalue weighted by atomic mass is 10.1. The van der Waals surface area contributed by atoms with Gasteiger partial charge in [0, 0.05) is 12.6 Å². The van der Waals surface area contributed by atoms with E-state index in [1.54, 1.807) is 0 Å². The van der Waals surface area contributed by atoms with Crippen LogP contribution in [0.25, 0.3) is 0 Å². The van der Waals surface area contributed by atoms with Crippen molar-refractivity contribution in [3.8, 4) is 0 Å². The van der Waals surface area contributed by atoms with Crippen LogP contribution in [-0.2, 0) is 6.54 Å². The molecule has 0 saturated heterocycles. The van der Waals surface area contributed by atoms with Crippen LogP contribution in [0.2, 0.25) is 0 Å². The Kier molecular flexibility index (Phi) is 4.69. The van der Waals surface area contributed by atoms with Crippen LogP contribution in [0.5, 0.6) is 0 Å². The number of nitro benzene ring substituents is 1. The van der Waals surface area contributed by atoms with Gasteiger partial charge in [0.05, 0.1) is 4.92 Å². The minimum absolute atomic E-state index is 0. The predicted molar refractivity (Wildman–Crippen MR) is 55.2 cm³/mol. The lowest BCUT2D eigenvalue weighted by molar-refractivity contribution is -0.385. The van der Waals surface area contributed by atoms with E-state index in [0.29, 0.717) is 0 Å². The molecule has 0 unspecified atom stereocenters. The SMILES string of the molecule is Cl.NCc1cccc([N+](=O)[O-])c1C(=O)O. The van der Waals surface area contributed by atoms with Crippen molar-refractivity contribution in [2.75, 3.05) is 0 Å². The number of halogens is 1. The van der Waals surface area contributed by atoms with Crippen molar-refractivity contribution in [1.29, 1.82) is 0 Å². The molecule has 0 aromatic heterocycles. The molecular formula is C8H9ClN2O4. The van der Waals surface area contributed by atoms with Crippen LogP contribution in [0, 0.1) is 10.1 Å². The Hall–Kier alpha value is -1.66. The maximum Gasteiger partial charge on any atom is 0.343 e. The van der Waals surface area contributed by atoms with Gasteiger partial charge in [-0.3, -0.25) is 10.1 Å². The molecule has 3 N–H and O–H groups in total. The zero-order valence-electron chi connectivity index (χ0n) is 7.54. The lowest BCUT2D eigenvalue weighted by Crippen LogP contribution is -2.09. The molecule has 1 aromatic carbocycles. The summed E-state index contributed by atoms with van der Waals surface area (Å²) in [6.07, 6.45) is 0. The molecule has 0 heterocycles. The quantitative estimate of drug-likeness (QED) is 0.601. The Balaban J connectivity index is 0.00000196. The normalized spacial score (nSPS) is 9.13. The fourth-order valence-corrected chi connectivity index (χ4v) is 1.16. The summed E-state index contributed by atoms with van der Waals surface area (Å²) < 4.78 is 0. The molecule has 82 valence electrons. The second-order valence-electron chi connectivity index (χ2n) is 2.58. The summed E-state index contributed by atoms with van der Waals surface area (Å²) >= 11 is 0. The first-order valence-electron chi connectivity index (χ1n) is 3.77. The van der Waals surface area contributed by atoms with Crippen LogP contribution < -0.4 is 5.73 Å². The van der Waals surface area contributed by atoms with Crippen molar-refractivity contribution in [3.63, 3.8) is 0 Å². The number of nitrogens with two attached hydrogens (primary N) is 1. The average Bonchev–Trinajstić information content (AvgIpc) is 2.16. The number of hydrogen-bond donors (Lipinski definition) is 2. The van der Waals surface area contributed by atoms with Crippen LogP contribution in [0.3, 0.4) is 0 Å². The number of nitrogens with zero attached hydrogens (tertiary/aromatic N) is 1. The van der Waals surface area contributed by atoms with Gasteiger partial charge in [0.15, 0.2) is 0 Å². The van der Waals surface area contributed by atoms with Gasteiger partial charge < -0.3 is 10.8 Å². The van der Waals surface area contributed by atoms with E-state index in [1.165, 1.54) is 12.1 Å². The van der Waals surface area contributed by atoms with Crippen molar-refractivity contribution >= 4 is 24.1 Å². The van der Waals surface area contributed by atoms with E-state index >= 15 is 0 Å². The molecule has 0 bridgehead atoms. The zero-order chi connectivity index (χ0) is 10.7. The van der Waals surface area contributed by atoms with Crippen molar-refractivity contribution in [2.45, 2.75) is 6.54 Å². The molecule has 0 aliphatic rings. The molecule has 6 nitrogen and oxygen atoms in total. The molecule has 1 rings (SSSR count). The van der Waals surface area contributed by atoms with E-state index in [4.69, 9.17) is 10.8 Å². The zero-order valence-corrected chi connectivity index (χ0v) is 8.36. The largest absolute Gasteiger partial charge is 0.477 e. The molecule has 0 aliphatic heterocycles. The molecule has 0 fully saturated rings. The first-order chi connectivity index (χ1) is 6.57. The van der Waals surface area contributed by atoms with E-state index in [-0.39, 0.29) is 30.1 Å². The second-order valence-corrected chi connectivity index (χ2v) is 2.58. The second kappa shape index (κ2) is 5.28. The summed E-state index contributed by atoms with van der Waals surface area (Å²) in [6, 6.07) is 4.01. The number of nitro groups is 1. The maximum atomic E-state index is 10.7. The van der Waals surface area contributed by atoms with E-state index in [0.717, 1.165) is 6.07 Å². The highest BCUT2D eigenvalue weighted by molar-refractivity contribution is 5.94. The number of aromatic carboxylic acids is 1. The fraction of sp³-hybridized carbons (Fsp3) is 0.125. The average molecular weight is 233 g/mol. The monoisotopic (exact) mass is 232 g/mol. The molecular weight excluding hydrogens is 224 g/mol. The maximum absolute atomic E-state index is 10.7. The minimum Gasteiger partial charge on any atom is -0.477 e. The van der Waals surface area contributed by atoms with Crippen molar-refractivity contribution < 1.29 is 14.8 Å². The van der Waals surface area contributed by atoms with Gasteiger partial charge in [-0.2, -0.15) is 0 Å². The molecule has 0 spiro atoms. The number of hydrogen-bond acceptors (Lipinski definition) is 4. The summed E-state index contributed by atoms with van der Waals surface area (Å²) in [5.41, 5.74) is 4.76. The van der Waals surface area contributed by atoms with Gasteiger partial charge in [-0.05, 0) is 5.56 Å². The van der Waals surface area contributed by atoms with Crippen LogP contribution in [0.4, 0.5) is 5.69 Å². The van der Waals surface area contributed by atoms with Crippen molar-refractivity contribution in [1.82, 2.24) is 0 Å². The highest BCUT2D eigenvalue weighted by atomic mass is 35.5. The van der Waals surface area contributed by atoms with Gasteiger partial charge >= 0.3 is 5.97 Å². The molecule has 1 aromatic rings. The molecule has 0 radical (unpaired) electrons. The van der Waals surface area contributed by atoms with Crippen LogP contribution in [0.1, 0.15) is 15.9 Å². The molecule has 0 atom stereocenters. The van der Waals surface area contributed by atoms with Crippen molar-refractivity contribution in [2.24, 2.45) is 5.73 Å². The van der Waals surface area contributed by atoms with Crippen molar-refractivity contribution in [3.05, 3.63) is 39.4 Å². The topological polar surface area (TPSA) is 106 Å². The molecule has 0 aliphatic carbocycles. The lowest BCUT2D eigenvalue weighted by Gasteiger charge is -2.02. The van der Waals surface area contributed by atoms with E-state index in [9.17, 15) is 14.9 Å². The third-order valence-electron chi connectivity index (χ3n) is 1.76. The van der Waals surface area contributed by atoms with E-state index in [1.807, 2.05) is 0 Å². The third-order valence-corrected chi connectivity index (χ3v) is 1.76. The fourth-order valence-electron chi connectivity index (χ4n) is 1.16. The Bertz CT molecular complexity index is 394.